The number of rotatable bonds is 5. The third kappa shape index (κ3) is 3.72. The van der Waals surface area contributed by atoms with E-state index < -0.39 is 31.1 Å². The average molecular weight is 319 g/mol. The number of aromatic nitrogens is 2. The summed E-state index contributed by atoms with van der Waals surface area (Å²) in [6.07, 6.45) is 0.989. The Morgan fingerprint density at radius 3 is 2.74 bits per heavy atom. The summed E-state index contributed by atoms with van der Waals surface area (Å²) in [5.41, 5.74) is 0.490. The van der Waals surface area contributed by atoms with Gasteiger partial charge in [-0.1, -0.05) is 25.7 Å². The fraction of sp³-hybridized carbons (Fsp3) is 0.625. The summed E-state index contributed by atoms with van der Waals surface area (Å²) in [5.74, 6) is 5.91. The summed E-state index contributed by atoms with van der Waals surface area (Å²) < 4.78 is 6.90. The second-order valence-corrected chi connectivity index (χ2v) is 5.45. The van der Waals surface area contributed by atoms with Gasteiger partial charge in [0.15, 0.2) is 11.9 Å². The molecule has 4 atom stereocenters. The maximum atomic E-state index is 10.1. The monoisotopic (exact) mass is 319 g/mol. The van der Waals surface area contributed by atoms with E-state index in [4.69, 9.17) is 15.1 Å². The topological polar surface area (TPSA) is 112 Å². The summed E-state index contributed by atoms with van der Waals surface area (Å²) >= 11 is 0. The Bertz CT molecular complexity index is 625. The van der Waals surface area contributed by atoms with Crippen LogP contribution in [0.4, 0.5) is 0 Å². The molecule has 1 aliphatic rings. The first kappa shape index (κ1) is 17.5. The van der Waals surface area contributed by atoms with Crippen LogP contribution in [0.2, 0.25) is 0 Å². The van der Waals surface area contributed by atoms with Crippen molar-refractivity contribution >= 4 is 0 Å². The van der Waals surface area contributed by atoms with Gasteiger partial charge in [0.25, 0.3) is 0 Å². The van der Waals surface area contributed by atoms with E-state index in [0.717, 1.165) is 19.3 Å². The highest BCUT2D eigenvalue weighted by molar-refractivity contribution is 5.40. The molecule has 0 spiro atoms. The molecule has 3 N–H and O–H groups in total. The van der Waals surface area contributed by atoms with E-state index in [-0.39, 0.29) is 5.69 Å². The van der Waals surface area contributed by atoms with Crippen molar-refractivity contribution in [2.45, 2.75) is 57.1 Å². The Labute approximate surface area is 135 Å². The van der Waals surface area contributed by atoms with Crippen LogP contribution in [-0.4, -0.2) is 49.8 Å². The number of ether oxygens (including phenoxy) is 1. The van der Waals surface area contributed by atoms with E-state index in [0.29, 0.717) is 12.1 Å². The van der Waals surface area contributed by atoms with E-state index in [1.807, 2.05) is 6.07 Å². The van der Waals surface area contributed by atoms with Crippen LogP contribution in [0.1, 0.15) is 50.2 Å². The van der Waals surface area contributed by atoms with Gasteiger partial charge in [0.1, 0.15) is 30.1 Å². The van der Waals surface area contributed by atoms with Crippen LogP contribution in [0.5, 0.6) is 0 Å². The molecule has 0 saturated carbocycles. The number of aliphatic hydroxyl groups excluding tert-OH is 3. The molecule has 1 aromatic rings. The minimum atomic E-state index is -1.23. The van der Waals surface area contributed by atoms with Crippen LogP contribution in [0.15, 0.2) is 6.33 Å². The maximum Gasteiger partial charge on any atom is 0.174 e. The third-order valence-electron chi connectivity index (χ3n) is 3.80. The van der Waals surface area contributed by atoms with Gasteiger partial charge in [0.2, 0.25) is 0 Å². The number of imidazole rings is 1. The minimum absolute atomic E-state index is 0.144. The molecule has 2 rings (SSSR count). The second-order valence-electron chi connectivity index (χ2n) is 5.45. The first-order valence-electron chi connectivity index (χ1n) is 7.72. The predicted molar refractivity (Wildman–Crippen MR) is 81.0 cm³/mol. The van der Waals surface area contributed by atoms with E-state index in [2.05, 4.69) is 23.7 Å². The van der Waals surface area contributed by atoms with Crippen molar-refractivity contribution in [1.82, 2.24) is 9.55 Å². The molecular weight excluding hydrogens is 298 g/mol. The Kier molecular flexibility index (Phi) is 6.14. The van der Waals surface area contributed by atoms with E-state index in [1.165, 1.54) is 10.9 Å². The van der Waals surface area contributed by atoms with Crippen LogP contribution >= 0.6 is 0 Å². The van der Waals surface area contributed by atoms with E-state index in [9.17, 15) is 10.2 Å². The molecule has 0 aromatic carbocycles. The van der Waals surface area contributed by atoms with Crippen molar-refractivity contribution in [3.05, 3.63) is 17.7 Å². The van der Waals surface area contributed by atoms with E-state index in [1.54, 1.807) is 0 Å². The normalized spacial score (nSPS) is 26.6. The lowest BCUT2D eigenvalue weighted by Crippen LogP contribution is -2.33. The molecule has 1 aliphatic heterocycles. The third-order valence-corrected chi connectivity index (χ3v) is 3.80. The summed E-state index contributed by atoms with van der Waals surface area (Å²) in [5, 5.41) is 38.2. The molecule has 0 radical (unpaired) electrons. The summed E-state index contributed by atoms with van der Waals surface area (Å²) in [6.45, 7) is 1.70. The molecule has 7 nitrogen and oxygen atoms in total. The standard InChI is InChI=1S/C16H21N3O4/c1-2-3-4-5-6-7-12-11(8-17)18-10-19(12)16-15(22)14(21)13(9-20)23-16/h10,13-16,20-22H,2-5,9H2,1H3/t13-,14-,15-,16-/m1/s1. The summed E-state index contributed by atoms with van der Waals surface area (Å²) in [6, 6.07) is 1.96. The first-order valence-corrected chi connectivity index (χ1v) is 7.72. The zero-order chi connectivity index (χ0) is 16.8. The van der Waals surface area contributed by atoms with Crippen molar-refractivity contribution in [3.63, 3.8) is 0 Å². The fourth-order valence-corrected chi connectivity index (χ4v) is 2.48. The largest absolute Gasteiger partial charge is 0.394 e. The van der Waals surface area contributed by atoms with Crippen LogP contribution < -0.4 is 0 Å². The number of unbranched alkanes of at least 4 members (excludes halogenated alkanes) is 3. The van der Waals surface area contributed by atoms with Crippen molar-refractivity contribution in [3.8, 4) is 17.9 Å². The molecule has 0 amide bonds. The quantitative estimate of drug-likeness (QED) is 0.531. The van der Waals surface area contributed by atoms with Crippen molar-refractivity contribution < 1.29 is 20.1 Å². The molecule has 1 saturated heterocycles. The van der Waals surface area contributed by atoms with Crippen molar-refractivity contribution in [2.24, 2.45) is 0 Å². The van der Waals surface area contributed by atoms with Crippen LogP contribution in [-0.2, 0) is 4.74 Å². The molecule has 1 aromatic heterocycles. The van der Waals surface area contributed by atoms with Gasteiger partial charge >= 0.3 is 0 Å². The van der Waals surface area contributed by atoms with Crippen molar-refractivity contribution in [2.75, 3.05) is 6.61 Å². The number of hydrogen-bond acceptors (Lipinski definition) is 6. The highest BCUT2D eigenvalue weighted by atomic mass is 16.6. The molecule has 23 heavy (non-hydrogen) atoms. The number of aliphatic hydroxyl groups is 3. The zero-order valence-corrected chi connectivity index (χ0v) is 13.0. The van der Waals surface area contributed by atoms with Crippen LogP contribution in [0.25, 0.3) is 0 Å². The zero-order valence-electron chi connectivity index (χ0n) is 13.0. The first-order chi connectivity index (χ1) is 11.1. The van der Waals surface area contributed by atoms with Gasteiger partial charge in [-0.15, -0.1) is 0 Å². The smallest absolute Gasteiger partial charge is 0.174 e. The average Bonchev–Trinajstić information content (AvgIpc) is 3.09. The van der Waals surface area contributed by atoms with Gasteiger partial charge < -0.3 is 20.1 Å². The lowest BCUT2D eigenvalue weighted by molar-refractivity contribution is -0.0531. The molecule has 2 heterocycles. The Hall–Kier alpha value is -1.90. The molecule has 1 fully saturated rings. The van der Waals surface area contributed by atoms with Gasteiger partial charge in [-0.25, -0.2) is 4.98 Å². The molecule has 124 valence electrons. The predicted octanol–water partition coefficient (Wildman–Crippen LogP) is 0.298. The van der Waals surface area contributed by atoms with Crippen LogP contribution in [0, 0.1) is 23.2 Å². The van der Waals surface area contributed by atoms with Crippen molar-refractivity contribution in [1.29, 1.82) is 5.26 Å². The SMILES string of the molecule is CCCCCC#Cc1c(C#N)ncn1[C@@H]1O[C@H](CO)[C@@H](O)[C@H]1O. The molecular formula is C16H21N3O4. The fourth-order valence-electron chi connectivity index (χ4n) is 2.48. The molecule has 0 unspecified atom stereocenters. The second kappa shape index (κ2) is 8.09. The minimum Gasteiger partial charge on any atom is -0.394 e. The highest BCUT2D eigenvalue weighted by Crippen LogP contribution is 2.30. The van der Waals surface area contributed by atoms with Gasteiger partial charge in [0.05, 0.1) is 12.9 Å². The highest BCUT2D eigenvalue weighted by Gasteiger charge is 2.44. The lowest BCUT2D eigenvalue weighted by Gasteiger charge is -2.17. The maximum absolute atomic E-state index is 10.1. The molecule has 7 heteroatoms. The van der Waals surface area contributed by atoms with Gasteiger partial charge in [-0.2, -0.15) is 5.26 Å². The van der Waals surface area contributed by atoms with E-state index >= 15 is 0 Å². The molecule has 0 bridgehead atoms. The van der Waals surface area contributed by atoms with Gasteiger partial charge in [-0.05, 0) is 12.3 Å². The lowest BCUT2D eigenvalue weighted by atomic mass is 10.1. The Balaban J connectivity index is 2.23. The van der Waals surface area contributed by atoms with Crippen LogP contribution in [0.3, 0.4) is 0 Å². The van der Waals surface area contributed by atoms with Gasteiger partial charge in [-0.3, -0.25) is 4.57 Å². The summed E-state index contributed by atoms with van der Waals surface area (Å²) in [7, 11) is 0. The Morgan fingerprint density at radius 1 is 1.35 bits per heavy atom. The Morgan fingerprint density at radius 2 is 2.13 bits per heavy atom. The number of nitrogens with zero attached hydrogens (tertiary/aromatic N) is 3. The summed E-state index contributed by atoms with van der Waals surface area (Å²) in [4.78, 5) is 3.97. The van der Waals surface area contributed by atoms with Gasteiger partial charge in [0, 0.05) is 6.42 Å². The number of nitriles is 1. The molecule has 0 aliphatic carbocycles. The number of hydrogen-bond donors (Lipinski definition) is 3.